The number of carbonyl (C=O) groups excluding carboxylic acids is 1. The lowest BCUT2D eigenvalue weighted by Crippen LogP contribution is -2.54. The minimum atomic E-state index is -4.33. The van der Waals surface area contributed by atoms with Crippen LogP contribution in [0, 0.1) is 29.5 Å². The standard InChI is InChI=1S/C40H50F4N4O2/c1-3-37-45-20-23-47(37)28-39(33-10-7-11-34(41)24-33,36-12-6-9-30(36)8-4-5-13-38(49)50-2)31-18-21-46(22-19-31)25-29-26-48(27-29)35-16-14-32(15-17-35)40(42,43)44/h4,7-8,10-11,14-17,20,23-24,29-31,36H,3,5-6,9,12-13,18-19,21-22,25-28H2,1-2H3/b8-4+/t30-,36-,39?/m0/s1. The molecule has 3 fully saturated rings. The molecule has 0 spiro atoms. The number of alkyl halides is 3. The summed E-state index contributed by atoms with van der Waals surface area (Å²) in [7, 11) is 1.42. The number of imidazole rings is 1. The van der Waals surface area contributed by atoms with E-state index in [0.717, 1.165) is 94.9 Å². The molecule has 6 rings (SSSR count). The Balaban J connectivity index is 1.20. The predicted octanol–water partition coefficient (Wildman–Crippen LogP) is 8.32. The average Bonchev–Trinajstić information content (AvgIpc) is 3.76. The zero-order valence-electron chi connectivity index (χ0n) is 29.3. The fourth-order valence-corrected chi connectivity index (χ4v) is 9.13. The summed E-state index contributed by atoms with van der Waals surface area (Å²) in [5.41, 5.74) is 0.970. The number of hydrogen-bond donors (Lipinski definition) is 0. The van der Waals surface area contributed by atoms with E-state index in [1.807, 2.05) is 12.3 Å². The molecule has 1 aromatic heterocycles. The molecule has 0 bridgehead atoms. The molecule has 1 saturated carbocycles. The van der Waals surface area contributed by atoms with Crippen LogP contribution in [0.2, 0.25) is 0 Å². The normalized spacial score (nSPS) is 22.2. The number of piperidine rings is 1. The lowest BCUT2D eigenvalue weighted by molar-refractivity contribution is -0.140. The molecule has 2 aliphatic heterocycles. The van der Waals surface area contributed by atoms with Crippen molar-refractivity contribution in [2.24, 2.45) is 23.7 Å². The van der Waals surface area contributed by atoms with E-state index in [1.165, 1.54) is 25.3 Å². The number of aryl methyl sites for hydroxylation is 1. The van der Waals surface area contributed by atoms with Crippen LogP contribution < -0.4 is 4.90 Å². The topological polar surface area (TPSA) is 50.6 Å². The van der Waals surface area contributed by atoms with Gasteiger partial charge in [0, 0.05) is 68.4 Å². The van der Waals surface area contributed by atoms with E-state index in [-0.39, 0.29) is 17.2 Å². The zero-order valence-corrected chi connectivity index (χ0v) is 29.3. The molecule has 1 unspecified atom stereocenters. The number of ether oxygens (including phenoxy) is 1. The third-order valence-electron chi connectivity index (χ3n) is 11.6. The average molecular weight is 695 g/mol. The number of aromatic nitrogens is 2. The van der Waals surface area contributed by atoms with E-state index in [4.69, 9.17) is 4.74 Å². The van der Waals surface area contributed by atoms with E-state index in [2.05, 4.69) is 50.7 Å². The van der Waals surface area contributed by atoms with E-state index in [9.17, 15) is 18.0 Å². The summed E-state index contributed by atoms with van der Waals surface area (Å²) in [5, 5.41) is 0. The molecule has 2 saturated heterocycles. The molecular formula is C40H50F4N4O2. The highest BCUT2D eigenvalue weighted by molar-refractivity contribution is 5.69. The van der Waals surface area contributed by atoms with Crippen LogP contribution in [0.15, 0.2) is 73.1 Å². The monoisotopic (exact) mass is 694 g/mol. The molecule has 270 valence electrons. The van der Waals surface area contributed by atoms with Gasteiger partial charge in [-0.1, -0.05) is 37.6 Å². The maximum absolute atomic E-state index is 15.2. The Hall–Kier alpha value is -3.66. The summed E-state index contributed by atoms with van der Waals surface area (Å²) in [6.45, 7) is 7.42. The highest BCUT2D eigenvalue weighted by atomic mass is 19.4. The fraction of sp³-hybridized carbons (Fsp3) is 0.550. The van der Waals surface area contributed by atoms with Gasteiger partial charge < -0.3 is 19.1 Å². The van der Waals surface area contributed by atoms with Crippen molar-refractivity contribution >= 4 is 11.7 Å². The second kappa shape index (κ2) is 15.7. The molecule has 0 amide bonds. The predicted molar refractivity (Wildman–Crippen MR) is 187 cm³/mol. The summed E-state index contributed by atoms with van der Waals surface area (Å²) in [6.07, 6.45) is 11.1. The zero-order chi connectivity index (χ0) is 35.3. The SMILES string of the molecule is CCc1nccn1CC(c1cccc(F)c1)(C1CCN(CC2CN(c3ccc(C(F)(F)F)cc3)C2)CC1)[C@H]1CCC[C@@H]1/C=C/CCC(=O)OC. The van der Waals surface area contributed by atoms with Crippen LogP contribution in [0.1, 0.15) is 68.8 Å². The van der Waals surface area contributed by atoms with Gasteiger partial charge in [0.2, 0.25) is 0 Å². The third kappa shape index (κ3) is 7.95. The number of anilines is 1. The number of allylic oxidation sites excluding steroid dienone is 2. The Kier molecular flexibility index (Phi) is 11.4. The van der Waals surface area contributed by atoms with Gasteiger partial charge in [-0.15, -0.1) is 0 Å². The molecule has 0 radical (unpaired) electrons. The molecular weight excluding hydrogens is 644 g/mol. The Morgan fingerprint density at radius 3 is 2.46 bits per heavy atom. The van der Waals surface area contributed by atoms with Crippen LogP contribution in [-0.2, 0) is 34.1 Å². The van der Waals surface area contributed by atoms with Gasteiger partial charge in [0.25, 0.3) is 0 Å². The van der Waals surface area contributed by atoms with Gasteiger partial charge in [0.1, 0.15) is 11.6 Å². The summed E-state index contributed by atoms with van der Waals surface area (Å²) in [4.78, 5) is 21.2. The van der Waals surface area contributed by atoms with Crippen LogP contribution >= 0.6 is 0 Å². The van der Waals surface area contributed by atoms with Crippen molar-refractivity contribution in [2.45, 2.75) is 76.4 Å². The number of esters is 1. The van der Waals surface area contributed by atoms with Crippen molar-refractivity contribution in [3.8, 4) is 0 Å². The van der Waals surface area contributed by atoms with Crippen molar-refractivity contribution in [1.82, 2.24) is 14.5 Å². The molecule has 3 heterocycles. The lowest BCUT2D eigenvalue weighted by atomic mass is 9.57. The number of benzene rings is 2. The number of carbonyl (C=O) groups is 1. The van der Waals surface area contributed by atoms with Crippen LogP contribution in [0.3, 0.4) is 0 Å². The van der Waals surface area contributed by atoms with Gasteiger partial charge in [-0.3, -0.25) is 4.79 Å². The minimum Gasteiger partial charge on any atom is -0.469 e. The molecule has 3 atom stereocenters. The molecule has 6 nitrogen and oxygen atoms in total. The molecule has 10 heteroatoms. The van der Waals surface area contributed by atoms with Gasteiger partial charge in [-0.25, -0.2) is 9.37 Å². The first-order valence-corrected chi connectivity index (χ1v) is 18.2. The van der Waals surface area contributed by atoms with E-state index in [0.29, 0.717) is 36.5 Å². The number of rotatable bonds is 13. The highest BCUT2D eigenvalue weighted by Crippen LogP contribution is 2.54. The fourth-order valence-electron chi connectivity index (χ4n) is 9.13. The molecule has 0 N–H and O–H groups in total. The van der Waals surface area contributed by atoms with Crippen LogP contribution in [-0.4, -0.2) is 60.3 Å². The quantitative estimate of drug-likeness (QED) is 0.102. The third-order valence-corrected chi connectivity index (χ3v) is 11.6. The molecule has 1 aliphatic carbocycles. The van der Waals surface area contributed by atoms with Crippen LogP contribution in [0.4, 0.5) is 23.2 Å². The number of likely N-dealkylation sites (tertiary alicyclic amines) is 1. The summed E-state index contributed by atoms with van der Waals surface area (Å²) < 4.78 is 61.4. The number of halogens is 4. The van der Waals surface area contributed by atoms with Gasteiger partial charge >= 0.3 is 12.1 Å². The minimum absolute atomic E-state index is 0.208. The Labute approximate surface area is 293 Å². The van der Waals surface area contributed by atoms with Crippen molar-refractivity contribution in [2.75, 3.05) is 44.7 Å². The van der Waals surface area contributed by atoms with Gasteiger partial charge in [-0.05, 0) is 105 Å². The van der Waals surface area contributed by atoms with Gasteiger partial charge in [0.05, 0.1) is 12.7 Å². The first-order valence-electron chi connectivity index (χ1n) is 18.2. The molecule has 3 aliphatic rings. The van der Waals surface area contributed by atoms with Gasteiger partial charge in [0.15, 0.2) is 0 Å². The summed E-state index contributed by atoms with van der Waals surface area (Å²) in [5.74, 6) is 2.02. The van der Waals surface area contributed by atoms with Gasteiger partial charge in [-0.2, -0.15) is 13.2 Å². The second-order valence-electron chi connectivity index (χ2n) is 14.5. The Bertz CT molecular complexity index is 1590. The molecule has 50 heavy (non-hydrogen) atoms. The second-order valence-corrected chi connectivity index (χ2v) is 14.5. The smallest absolute Gasteiger partial charge is 0.416 e. The summed E-state index contributed by atoms with van der Waals surface area (Å²) in [6, 6.07) is 12.8. The van der Waals surface area contributed by atoms with Crippen molar-refractivity contribution in [3.05, 3.63) is 95.8 Å². The molecule has 2 aromatic carbocycles. The van der Waals surface area contributed by atoms with E-state index in [1.54, 1.807) is 18.2 Å². The highest BCUT2D eigenvalue weighted by Gasteiger charge is 2.51. The van der Waals surface area contributed by atoms with Crippen LogP contribution in [0.5, 0.6) is 0 Å². The lowest BCUT2D eigenvalue weighted by Gasteiger charge is -2.51. The number of hydrogen-bond acceptors (Lipinski definition) is 5. The summed E-state index contributed by atoms with van der Waals surface area (Å²) >= 11 is 0. The maximum Gasteiger partial charge on any atom is 0.416 e. The van der Waals surface area contributed by atoms with Crippen molar-refractivity contribution in [1.29, 1.82) is 0 Å². The Morgan fingerprint density at radius 1 is 1.02 bits per heavy atom. The Morgan fingerprint density at radius 2 is 1.78 bits per heavy atom. The van der Waals surface area contributed by atoms with E-state index >= 15 is 4.39 Å². The molecule has 3 aromatic rings. The maximum atomic E-state index is 15.2. The van der Waals surface area contributed by atoms with E-state index < -0.39 is 11.7 Å². The number of nitrogens with zero attached hydrogens (tertiary/aromatic N) is 4. The van der Waals surface area contributed by atoms with Crippen molar-refractivity contribution in [3.63, 3.8) is 0 Å². The number of methoxy groups -OCH3 is 1. The first kappa shape index (κ1) is 36.1. The van der Waals surface area contributed by atoms with Crippen LogP contribution in [0.25, 0.3) is 0 Å². The largest absolute Gasteiger partial charge is 0.469 e. The van der Waals surface area contributed by atoms with Crippen molar-refractivity contribution < 1.29 is 27.1 Å². The first-order chi connectivity index (χ1) is 24.1.